The highest BCUT2D eigenvalue weighted by molar-refractivity contribution is 5.89. The minimum absolute atomic E-state index is 0.133. The van der Waals surface area contributed by atoms with Crippen molar-refractivity contribution < 1.29 is 23.8 Å². The molecule has 4 rings (SSSR count). The van der Waals surface area contributed by atoms with Crippen LogP contribution in [0.1, 0.15) is 51.9 Å². The Hall–Kier alpha value is -2.64. The van der Waals surface area contributed by atoms with Gasteiger partial charge < -0.3 is 24.4 Å². The highest BCUT2D eigenvalue weighted by Crippen LogP contribution is 2.34. The largest absolute Gasteiger partial charge is 0.493 e. The fraction of sp³-hybridized carbons (Fsp3) is 0.652. The molecule has 1 aliphatic carbocycles. The van der Waals surface area contributed by atoms with Crippen LogP contribution in [-0.2, 0) is 4.74 Å². The number of hydrogen-bond donors (Lipinski definition) is 1. The Balaban J connectivity index is 1.34. The molecule has 2 aliphatic heterocycles. The van der Waals surface area contributed by atoms with E-state index in [0.29, 0.717) is 36.9 Å². The van der Waals surface area contributed by atoms with Crippen LogP contribution in [0.2, 0.25) is 0 Å². The van der Waals surface area contributed by atoms with Crippen molar-refractivity contribution in [2.75, 3.05) is 32.1 Å². The summed E-state index contributed by atoms with van der Waals surface area (Å²) in [6.07, 6.45) is 6.88. The topological polar surface area (TPSA) is 80.3 Å². The number of carbonyl (C=O) groups excluding carboxylic acids is 2. The zero-order chi connectivity index (χ0) is 21.8. The number of carbonyl (C=O) groups is 2. The van der Waals surface area contributed by atoms with E-state index in [4.69, 9.17) is 14.2 Å². The molecule has 0 spiro atoms. The third-order valence-electron chi connectivity index (χ3n) is 6.63. The van der Waals surface area contributed by atoms with Crippen molar-refractivity contribution in [1.82, 2.24) is 9.80 Å². The van der Waals surface area contributed by atoms with Gasteiger partial charge >= 0.3 is 12.1 Å². The molecular weight excluding hydrogens is 398 g/mol. The molecule has 3 aliphatic rings. The molecule has 31 heavy (non-hydrogen) atoms. The first-order valence-corrected chi connectivity index (χ1v) is 11.4. The van der Waals surface area contributed by atoms with Crippen molar-refractivity contribution in [1.29, 1.82) is 0 Å². The molecule has 8 heteroatoms. The zero-order valence-corrected chi connectivity index (χ0v) is 18.5. The van der Waals surface area contributed by atoms with Crippen LogP contribution < -0.4 is 14.8 Å². The summed E-state index contributed by atoms with van der Waals surface area (Å²) in [6, 6.07) is 5.65. The second kappa shape index (κ2) is 9.66. The van der Waals surface area contributed by atoms with Gasteiger partial charge in [-0.1, -0.05) is 6.92 Å². The van der Waals surface area contributed by atoms with E-state index in [2.05, 4.69) is 12.2 Å². The van der Waals surface area contributed by atoms with Crippen LogP contribution in [0.25, 0.3) is 0 Å². The molecule has 2 heterocycles. The number of nitrogens with zero attached hydrogens (tertiary/aromatic N) is 2. The number of anilines is 1. The van der Waals surface area contributed by atoms with Gasteiger partial charge in [-0.15, -0.1) is 0 Å². The number of amides is 3. The average Bonchev–Trinajstić information content (AvgIpc) is 3.43. The molecule has 1 saturated carbocycles. The summed E-state index contributed by atoms with van der Waals surface area (Å²) < 4.78 is 16.8. The molecule has 0 radical (unpaired) electrons. The van der Waals surface area contributed by atoms with Crippen LogP contribution in [0.15, 0.2) is 18.2 Å². The van der Waals surface area contributed by atoms with E-state index in [9.17, 15) is 9.59 Å². The van der Waals surface area contributed by atoms with Gasteiger partial charge in [0.1, 0.15) is 6.61 Å². The number of benzene rings is 1. The van der Waals surface area contributed by atoms with Gasteiger partial charge in [-0.25, -0.2) is 9.59 Å². The number of ether oxygens (including phenoxy) is 3. The normalized spacial score (nSPS) is 22.5. The van der Waals surface area contributed by atoms with E-state index < -0.39 is 0 Å². The first kappa shape index (κ1) is 21.6. The monoisotopic (exact) mass is 431 g/mol. The van der Waals surface area contributed by atoms with Crippen molar-refractivity contribution in [3.05, 3.63) is 18.2 Å². The summed E-state index contributed by atoms with van der Waals surface area (Å²) in [4.78, 5) is 28.6. The molecular formula is C23H33N3O5. The Bertz CT molecular complexity index is 787. The molecule has 1 atom stereocenters. The van der Waals surface area contributed by atoms with Gasteiger partial charge in [0.2, 0.25) is 0 Å². The number of nitrogens with one attached hydrogen (secondary N) is 1. The predicted octanol–water partition coefficient (Wildman–Crippen LogP) is 4.24. The summed E-state index contributed by atoms with van der Waals surface area (Å²) in [7, 11) is 1.62. The molecule has 1 aromatic rings. The summed E-state index contributed by atoms with van der Waals surface area (Å²) in [5.74, 6) is 1.35. The first-order valence-electron chi connectivity index (χ1n) is 11.4. The van der Waals surface area contributed by atoms with Crippen LogP contribution in [0, 0.1) is 0 Å². The first-order chi connectivity index (χ1) is 15.1. The number of piperidine rings is 1. The number of urea groups is 1. The average molecular weight is 432 g/mol. The second-order valence-corrected chi connectivity index (χ2v) is 8.58. The maximum absolute atomic E-state index is 12.8. The lowest BCUT2D eigenvalue weighted by molar-refractivity contribution is 0.115. The number of hydrogen-bond acceptors (Lipinski definition) is 5. The molecule has 1 N–H and O–H groups in total. The number of cyclic esters (lactones) is 1. The molecule has 0 aromatic heterocycles. The van der Waals surface area contributed by atoms with Crippen LogP contribution >= 0.6 is 0 Å². The summed E-state index contributed by atoms with van der Waals surface area (Å²) in [6.45, 7) is 3.76. The van der Waals surface area contributed by atoms with Crippen molar-refractivity contribution in [3.63, 3.8) is 0 Å². The molecule has 1 aromatic carbocycles. The Morgan fingerprint density at radius 3 is 2.58 bits per heavy atom. The smallest absolute Gasteiger partial charge is 0.410 e. The van der Waals surface area contributed by atoms with Crippen molar-refractivity contribution >= 4 is 17.8 Å². The fourth-order valence-corrected chi connectivity index (χ4v) is 4.82. The van der Waals surface area contributed by atoms with Crippen LogP contribution in [0.4, 0.5) is 15.3 Å². The molecule has 8 nitrogen and oxygen atoms in total. The summed E-state index contributed by atoms with van der Waals surface area (Å²) >= 11 is 0. The predicted molar refractivity (Wildman–Crippen MR) is 117 cm³/mol. The maximum atomic E-state index is 12.8. The minimum Gasteiger partial charge on any atom is -0.493 e. The zero-order valence-electron chi connectivity index (χ0n) is 18.5. The third kappa shape index (κ3) is 4.83. The van der Waals surface area contributed by atoms with Crippen LogP contribution in [0.3, 0.4) is 0 Å². The second-order valence-electron chi connectivity index (χ2n) is 8.58. The van der Waals surface area contributed by atoms with Gasteiger partial charge in [-0.3, -0.25) is 4.90 Å². The van der Waals surface area contributed by atoms with Crippen molar-refractivity contribution in [3.8, 4) is 11.5 Å². The summed E-state index contributed by atoms with van der Waals surface area (Å²) in [5.41, 5.74) is 0.690. The van der Waals surface area contributed by atoms with Gasteiger partial charge in [0.25, 0.3) is 0 Å². The van der Waals surface area contributed by atoms with Gasteiger partial charge in [-0.2, -0.15) is 0 Å². The Morgan fingerprint density at radius 1 is 1.16 bits per heavy atom. The van der Waals surface area contributed by atoms with E-state index >= 15 is 0 Å². The van der Waals surface area contributed by atoms with E-state index in [0.717, 1.165) is 32.1 Å². The van der Waals surface area contributed by atoms with E-state index in [1.807, 2.05) is 23.1 Å². The molecule has 170 valence electrons. The van der Waals surface area contributed by atoms with E-state index in [1.54, 1.807) is 12.0 Å². The van der Waals surface area contributed by atoms with Gasteiger partial charge in [0, 0.05) is 30.9 Å². The standard InChI is InChI=1S/C23H33N3O5/c1-3-17-15-30-23(28)26(17)18-10-12-25(13-11-18)22(27)24-16-8-9-20(29-2)21(14-16)31-19-6-4-5-7-19/h8-9,14,17-19H,3-7,10-13,15H2,1-2H3,(H,24,27). The Kier molecular flexibility index (Phi) is 6.73. The van der Waals surface area contributed by atoms with E-state index in [-0.39, 0.29) is 30.3 Å². The van der Waals surface area contributed by atoms with Crippen molar-refractivity contribution in [2.45, 2.75) is 70.1 Å². The van der Waals surface area contributed by atoms with Gasteiger partial charge in [0.15, 0.2) is 11.5 Å². The highest BCUT2D eigenvalue weighted by atomic mass is 16.6. The number of rotatable bonds is 6. The lowest BCUT2D eigenvalue weighted by Gasteiger charge is -2.37. The lowest BCUT2D eigenvalue weighted by atomic mass is 10.0. The SMILES string of the molecule is CCC1COC(=O)N1C1CCN(C(=O)Nc2ccc(OC)c(OC3CCCC3)c2)CC1. The Labute approximate surface area is 183 Å². The van der Waals surface area contributed by atoms with Crippen LogP contribution in [0.5, 0.6) is 11.5 Å². The van der Waals surface area contributed by atoms with E-state index in [1.165, 1.54) is 12.8 Å². The highest BCUT2D eigenvalue weighted by Gasteiger charge is 2.39. The van der Waals surface area contributed by atoms with Gasteiger partial charge in [-0.05, 0) is 57.1 Å². The minimum atomic E-state index is -0.220. The molecule has 3 fully saturated rings. The maximum Gasteiger partial charge on any atom is 0.410 e. The number of methoxy groups -OCH3 is 1. The Morgan fingerprint density at radius 2 is 1.90 bits per heavy atom. The van der Waals surface area contributed by atoms with Crippen molar-refractivity contribution in [2.24, 2.45) is 0 Å². The third-order valence-corrected chi connectivity index (χ3v) is 6.63. The summed E-state index contributed by atoms with van der Waals surface area (Å²) in [5, 5.41) is 2.99. The molecule has 3 amide bonds. The molecule has 0 bridgehead atoms. The molecule has 1 unspecified atom stereocenters. The van der Waals surface area contributed by atoms with Gasteiger partial charge in [0.05, 0.1) is 19.3 Å². The fourth-order valence-electron chi connectivity index (χ4n) is 4.82. The lowest BCUT2D eigenvalue weighted by Crippen LogP contribution is -2.50. The molecule has 2 saturated heterocycles. The quantitative estimate of drug-likeness (QED) is 0.729. The number of likely N-dealkylation sites (tertiary alicyclic amines) is 1. The van der Waals surface area contributed by atoms with Crippen LogP contribution in [-0.4, -0.2) is 66.9 Å².